The van der Waals surface area contributed by atoms with Gasteiger partial charge in [-0.25, -0.2) is 0 Å². The summed E-state index contributed by atoms with van der Waals surface area (Å²) in [6.07, 6.45) is 4.14. The fraction of sp³-hybridized carbons (Fsp3) is 0.385. The summed E-state index contributed by atoms with van der Waals surface area (Å²) in [4.78, 5) is 12.3. The zero-order valence-electron chi connectivity index (χ0n) is 11.3. The molecule has 0 aliphatic carbocycles. The van der Waals surface area contributed by atoms with Crippen LogP contribution in [0.5, 0.6) is 0 Å². The smallest absolute Gasteiger partial charge is 0.253 e. The van der Waals surface area contributed by atoms with Crippen LogP contribution in [0, 0.1) is 6.92 Å². The van der Waals surface area contributed by atoms with E-state index in [2.05, 4.69) is 25.7 Å². The molecule has 0 bridgehead atoms. The second-order valence-corrected chi connectivity index (χ2v) is 4.43. The third-order valence-corrected chi connectivity index (χ3v) is 2.94. The van der Waals surface area contributed by atoms with E-state index in [1.54, 1.807) is 18.5 Å². The van der Waals surface area contributed by atoms with Crippen molar-refractivity contribution in [3.05, 3.63) is 41.0 Å². The van der Waals surface area contributed by atoms with Crippen molar-refractivity contribution in [1.82, 2.24) is 25.7 Å². The largest absolute Gasteiger partial charge is 0.345 e. The maximum absolute atomic E-state index is 12.3. The summed E-state index contributed by atoms with van der Waals surface area (Å²) in [5, 5.41) is 17.6. The lowest BCUT2D eigenvalue weighted by atomic mass is 10.1. The quantitative estimate of drug-likeness (QED) is 0.872. The summed E-state index contributed by atoms with van der Waals surface area (Å²) >= 11 is 0. The molecule has 6 nitrogen and oxygen atoms in total. The van der Waals surface area contributed by atoms with Gasteiger partial charge in [-0.15, -0.1) is 0 Å². The van der Waals surface area contributed by atoms with Gasteiger partial charge in [-0.1, -0.05) is 6.92 Å². The van der Waals surface area contributed by atoms with Crippen molar-refractivity contribution in [2.45, 2.75) is 33.2 Å². The fourth-order valence-electron chi connectivity index (χ4n) is 1.83. The van der Waals surface area contributed by atoms with E-state index in [0.717, 1.165) is 11.3 Å². The molecule has 1 amide bonds. The molecule has 2 aromatic rings. The Morgan fingerprint density at radius 3 is 2.89 bits per heavy atom. The Kier molecular flexibility index (Phi) is 3.89. The highest BCUT2D eigenvalue weighted by molar-refractivity contribution is 5.95. The Hall–Kier alpha value is -2.24. The molecule has 0 aliphatic rings. The van der Waals surface area contributed by atoms with Crippen molar-refractivity contribution >= 4 is 5.91 Å². The molecule has 2 heterocycles. The molecule has 0 fully saturated rings. The zero-order valence-corrected chi connectivity index (χ0v) is 11.3. The molecule has 0 spiro atoms. The van der Waals surface area contributed by atoms with E-state index in [4.69, 9.17) is 0 Å². The van der Waals surface area contributed by atoms with Crippen LogP contribution in [0.2, 0.25) is 0 Å². The monoisotopic (exact) mass is 259 g/mol. The second kappa shape index (κ2) is 5.60. The number of nitrogens with one attached hydrogen (secondary N) is 2. The number of aromatic amines is 1. The Morgan fingerprint density at radius 1 is 1.47 bits per heavy atom. The average molecular weight is 259 g/mol. The molecule has 0 saturated heterocycles. The number of hydrogen-bond acceptors (Lipinski definition) is 4. The number of amides is 1. The van der Waals surface area contributed by atoms with Gasteiger partial charge < -0.3 is 5.32 Å². The van der Waals surface area contributed by atoms with Gasteiger partial charge in [0, 0.05) is 11.8 Å². The first-order valence-corrected chi connectivity index (χ1v) is 6.24. The summed E-state index contributed by atoms with van der Waals surface area (Å²) in [6, 6.07) is 1.66. The summed E-state index contributed by atoms with van der Waals surface area (Å²) in [5.74, 6) is -0.136. The van der Waals surface area contributed by atoms with E-state index in [1.165, 1.54) is 0 Å². The molecule has 0 radical (unpaired) electrons. The molecule has 6 heteroatoms. The van der Waals surface area contributed by atoms with Gasteiger partial charge in [-0.3, -0.25) is 9.89 Å². The molecule has 2 N–H and O–H groups in total. The highest BCUT2D eigenvalue weighted by atomic mass is 16.1. The normalized spacial score (nSPS) is 12.2. The van der Waals surface area contributed by atoms with E-state index >= 15 is 0 Å². The van der Waals surface area contributed by atoms with Crippen molar-refractivity contribution in [3.8, 4) is 0 Å². The number of aryl methyl sites for hydroxylation is 2. The molecule has 19 heavy (non-hydrogen) atoms. The maximum Gasteiger partial charge on any atom is 0.253 e. The number of rotatable bonds is 4. The predicted octanol–water partition coefficient (Wildman–Crippen LogP) is 1.56. The first kappa shape index (κ1) is 13.2. The highest BCUT2D eigenvalue weighted by Gasteiger charge is 2.16. The Balaban J connectivity index is 2.18. The first-order valence-electron chi connectivity index (χ1n) is 6.24. The van der Waals surface area contributed by atoms with Crippen LogP contribution in [-0.4, -0.2) is 26.3 Å². The van der Waals surface area contributed by atoms with Crippen LogP contribution in [0.4, 0.5) is 0 Å². The van der Waals surface area contributed by atoms with Crippen LogP contribution in [0.1, 0.15) is 47.2 Å². The minimum absolute atomic E-state index is 0.107. The van der Waals surface area contributed by atoms with Gasteiger partial charge in [-0.05, 0) is 26.3 Å². The first-order chi connectivity index (χ1) is 9.11. The molecule has 1 unspecified atom stereocenters. The number of nitrogens with zero attached hydrogens (tertiary/aromatic N) is 3. The molecule has 2 rings (SSSR count). The summed E-state index contributed by atoms with van der Waals surface area (Å²) in [7, 11) is 0. The van der Waals surface area contributed by atoms with Gasteiger partial charge in [0.05, 0.1) is 29.2 Å². The lowest BCUT2D eigenvalue weighted by Gasteiger charge is -2.13. The average Bonchev–Trinajstić information content (AvgIpc) is 2.92. The topological polar surface area (TPSA) is 83.6 Å². The zero-order chi connectivity index (χ0) is 13.8. The van der Waals surface area contributed by atoms with Crippen LogP contribution in [0.25, 0.3) is 0 Å². The van der Waals surface area contributed by atoms with Crippen LogP contribution in [0.3, 0.4) is 0 Å². The van der Waals surface area contributed by atoms with Gasteiger partial charge in [-0.2, -0.15) is 15.3 Å². The van der Waals surface area contributed by atoms with Gasteiger partial charge >= 0.3 is 0 Å². The maximum atomic E-state index is 12.3. The molecule has 1 atom stereocenters. The summed E-state index contributed by atoms with van der Waals surface area (Å²) in [6.45, 7) is 5.69. The molecule has 0 saturated carbocycles. The van der Waals surface area contributed by atoms with Crippen molar-refractivity contribution < 1.29 is 4.79 Å². The van der Waals surface area contributed by atoms with Crippen molar-refractivity contribution in [2.24, 2.45) is 0 Å². The van der Waals surface area contributed by atoms with Gasteiger partial charge in [0.2, 0.25) is 0 Å². The summed E-state index contributed by atoms with van der Waals surface area (Å²) < 4.78 is 0. The number of carbonyl (C=O) groups is 1. The molecule has 2 aromatic heterocycles. The molecular weight excluding hydrogens is 242 g/mol. The van der Waals surface area contributed by atoms with Gasteiger partial charge in [0.1, 0.15) is 0 Å². The number of H-pyrrole nitrogens is 1. The standard InChI is InChI=1S/C13H17N5O/c1-4-12-11(5-8(2)17-18-12)13(19)16-9(3)10-6-14-15-7-10/h5-7,9H,4H2,1-3H3,(H,14,15)(H,16,19). The number of aromatic nitrogens is 4. The molecular formula is C13H17N5O. The minimum atomic E-state index is -0.136. The van der Waals surface area contributed by atoms with Crippen molar-refractivity contribution in [1.29, 1.82) is 0 Å². The lowest BCUT2D eigenvalue weighted by molar-refractivity contribution is 0.0938. The van der Waals surface area contributed by atoms with E-state index in [-0.39, 0.29) is 11.9 Å². The third-order valence-electron chi connectivity index (χ3n) is 2.94. The highest BCUT2D eigenvalue weighted by Crippen LogP contribution is 2.13. The Bertz CT molecular complexity index is 564. The number of hydrogen-bond donors (Lipinski definition) is 2. The van der Waals surface area contributed by atoms with Gasteiger partial charge in [0.15, 0.2) is 0 Å². The third kappa shape index (κ3) is 2.96. The van der Waals surface area contributed by atoms with E-state index in [1.807, 2.05) is 20.8 Å². The van der Waals surface area contributed by atoms with Crippen LogP contribution >= 0.6 is 0 Å². The van der Waals surface area contributed by atoms with Crippen LogP contribution < -0.4 is 5.32 Å². The number of carbonyl (C=O) groups excluding carboxylic acids is 1. The van der Waals surface area contributed by atoms with E-state index in [9.17, 15) is 4.79 Å². The van der Waals surface area contributed by atoms with E-state index in [0.29, 0.717) is 17.7 Å². The SMILES string of the molecule is CCc1nnc(C)cc1C(=O)NC(C)c1cn[nH]c1. The predicted molar refractivity (Wildman–Crippen MR) is 70.6 cm³/mol. The van der Waals surface area contributed by atoms with Crippen molar-refractivity contribution in [3.63, 3.8) is 0 Å². The minimum Gasteiger partial charge on any atom is -0.345 e. The van der Waals surface area contributed by atoms with Gasteiger partial charge in [0.25, 0.3) is 5.91 Å². The Labute approximate surface area is 111 Å². The molecule has 100 valence electrons. The van der Waals surface area contributed by atoms with Crippen molar-refractivity contribution in [2.75, 3.05) is 0 Å². The van der Waals surface area contributed by atoms with Crippen LogP contribution in [0.15, 0.2) is 18.5 Å². The molecule has 0 aliphatic heterocycles. The van der Waals surface area contributed by atoms with E-state index < -0.39 is 0 Å². The fourth-order valence-corrected chi connectivity index (χ4v) is 1.83. The van der Waals surface area contributed by atoms with Crippen LogP contribution in [-0.2, 0) is 6.42 Å². The lowest BCUT2D eigenvalue weighted by Crippen LogP contribution is -2.28. The Morgan fingerprint density at radius 2 is 2.26 bits per heavy atom. The molecule has 0 aromatic carbocycles. The second-order valence-electron chi connectivity index (χ2n) is 4.43. The summed E-state index contributed by atoms with van der Waals surface area (Å²) in [5.41, 5.74) is 2.97.